The van der Waals surface area contributed by atoms with E-state index in [2.05, 4.69) is 4.98 Å². The van der Waals surface area contributed by atoms with Crippen LogP contribution in [0.5, 0.6) is 0 Å². The van der Waals surface area contributed by atoms with Crippen LogP contribution in [-0.2, 0) is 11.3 Å². The SMILES string of the molecule is O=C(O)C[n+]1cccnc1.[KH]. The van der Waals surface area contributed by atoms with Crippen molar-refractivity contribution < 1.29 is 14.5 Å². The van der Waals surface area contributed by atoms with E-state index in [-0.39, 0.29) is 57.9 Å². The number of nitrogens with zero attached hydrogens (tertiary/aromatic N) is 2. The van der Waals surface area contributed by atoms with Crippen molar-refractivity contribution in [1.29, 1.82) is 0 Å². The number of rotatable bonds is 2. The van der Waals surface area contributed by atoms with Gasteiger partial charge in [-0.05, 0) is 0 Å². The zero-order valence-electron chi connectivity index (χ0n) is 5.27. The van der Waals surface area contributed by atoms with E-state index in [0.717, 1.165) is 0 Å². The van der Waals surface area contributed by atoms with Crippen LogP contribution >= 0.6 is 0 Å². The molecule has 0 aliphatic heterocycles. The van der Waals surface area contributed by atoms with Crippen LogP contribution in [0.15, 0.2) is 24.8 Å². The molecule has 0 aliphatic carbocycles. The zero-order chi connectivity index (χ0) is 7.40. The third-order valence-corrected chi connectivity index (χ3v) is 0.982. The van der Waals surface area contributed by atoms with Gasteiger partial charge in [-0.3, -0.25) is 0 Å². The molecule has 0 aliphatic rings. The first-order valence-corrected chi connectivity index (χ1v) is 2.80. The third kappa shape index (κ3) is 4.60. The fourth-order valence-corrected chi connectivity index (χ4v) is 0.611. The Labute approximate surface area is 107 Å². The summed E-state index contributed by atoms with van der Waals surface area (Å²) in [5, 5.41) is 8.32. The molecule has 4 nitrogen and oxygen atoms in total. The van der Waals surface area contributed by atoms with Crippen LogP contribution in [0.4, 0.5) is 0 Å². The Morgan fingerprint density at radius 2 is 2.36 bits per heavy atom. The van der Waals surface area contributed by atoms with Crippen LogP contribution < -0.4 is 4.57 Å². The summed E-state index contributed by atoms with van der Waals surface area (Å²) in [6.45, 7) is -0.0339. The van der Waals surface area contributed by atoms with E-state index in [0.29, 0.717) is 0 Å². The second-order valence-corrected chi connectivity index (χ2v) is 1.82. The topological polar surface area (TPSA) is 54.1 Å². The normalized spacial score (nSPS) is 8.36. The molecule has 0 atom stereocenters. The second kappa shape index (κ2) is 5.79. The van der Waals surface area contributed by atoms with Crippen molar-refractivity contribution in [3.8, 4) is 0 Å². The quantitative estimate of drug-likeness (QED) is 0.458. The summed E-state index contributed by atoms with van der Waals surface area (Å²) in [6.07, 6.45) is 4.72. The number of hydrogen-bond donors (Lipinski definition) is 1. The molecule has 1 aromatic rings. The minimum absolute atomic E-state index is 0. The van der Waals surface area contributed by atoms with Gasteiger partial charge in [-0.2, -0.15) is 0 Å². The molecule has 1 aromatic heterocycles. The second-order valence-electron chi connectivity index (χ2n) is 1.82. The van der Waals surface area contributed by atoms with Crippen molar-refractivity contribution in [2.24, 2.45) is 0 Å². The molecule has 0 saturated carbocycles. The standard InChI is InChI=1S/C6H6N2O2.K.H/c9-6(10)4-8-3-1-2-7-5-8;;/h1-3,5H,4H2;;/p+1. The molecule has 1 heterocycles. The summed E-state index contributed by atoms with van der Waals surface area (Å²) in [6, 6.07) is 1.68. The Balaban J connectivity index is 0.000001000. The Hall–Kier alpha value is 0.186. The fraction of sp³-hybridized carbons (Fsp3) is 0.167. The number of carboxylic acids is 1. The predicted octanol–water partition coefficient (Wildman–Crippen LogP) is -1.19. The summed E-state index contributed by atoms with van der Waals surface area (Å²) < 4.78 is 1.49. The van der Waals surface area contributed by atoms with E-state index in [1.165, 1.54) is 10.9 Å². The van der Waals surface area contributed by atoms with E-state index in [1.54, 1.807) is 18.5 Å². The molecule has 0 bridgehead atoms. The molecular weight excluding hydrogens is 171 g/mol. The molecule has 5 heteroatoms. The van der Waals surface area contributed by atoms with Gasteiger partial charge < -0.3 is 5.11 Å². The van der Waals surface area contributed by atoms with Crippen LogP contribution in [0.3, 0.4) is 0 Å². The summed E-state index contributed by atoms with van der Waals surface area (Å²) in [7, 11) is 0. The van der Waals surface area contributed by atoms with Gasteiger partial charge in [0, 0.05) is 6.07 Å². The first-order chi connectivity index (χ1) is 4.79. The van der Waals surface area contributed by atoms with Gasteiger partial charge in [0.2, 0.25) is 0 Å². The van der Waals surface area contributed by atoms with E-state index < -0.39 is 5.97 Å². The van der Waals surface area contributed by atoms with Gasteiger partial charge in [-0.25, -0.2) is 9.36 Å². The number of carboxylic acid groups (broad SMARTS) is 1. The van der Waals surface area contributed by atoms with Crippen LogP contribution in [0.1, 0.15) is 0 Å². The van der Waals surface area contributed by atoms with Crippen molar-refractivity contribution in [2.45, 2.75) is 6.54 Å². The van der Waals surface area contributed by atoms with Crippen LogP contribution in [-0.4, -0.2) is 67.4 Å². The van der Waals surface area contributed by atoms with Gasteiger partial charge in [0.1, 0.15) is 6.20 Å². The molecule has 0 amide bonds. The van der Waals surface area contributed by atoms with Crippen molar-refractivity contribution in [3.63, 3.8) is 0 Å². The summed E-state index contributed by atoms with van der Waals surface area (Å²) in [4.78, 5) is 13.9. The molecule has 0 unspecified atom stereocenters. The number of carbonyl (C=O) groups is 1. The number of hydrogen-bond acceptors (Lipinski definition) is 2. The molecule has 1 rings (SSSR count). The molecular formula is C6H8KN2O2+. The van der Waals surface area contributed by atoms with Gasteiger partial charge in [0.25, 0.3) is 6.33 Å². The molecule has 0 fully saturated rings. The molecule has 1 N–H and O–H groups in total. The Morgan fingerprint density at radius 3 is 2.82 bits per heavy atom. The maximum atomic E-state index is 10.1. The monoisotopic (exact) mass is 179 g/mol. The van der Waals surface area contributed by atoms with Crippen LogP contribution in [0, 0.1) is 0 Å². The van der Waals surface area contributed by atoms with E-state index in [9.17, 15) is 4.79 Å². The molecule has 11 heavy (non-hydrogen) atoms. The molecule has 54 valence electrons. The van der Waals surface area contributed by atoms with E-state index in [1.807, 2.05) is 0 Å². The Morgan fingerprint density at radius 1 is 1.64 bits per heavy atom. The van der Waals surface area contributed by atoms with Crippen molar-refractivity contribution in [1.82, 2.24) is 4.98 Å². The van der Waals surface area contributed by atoms with Gasteiger partial charge in [-0.15, -0.1) is 0 Å². The number of aliphatic carboxylic acids is 1. The summed E-state index contributed by atoms with van der Waals surface area (Å²) in [5.41, 5.74) is 0. The zero-order valence-corrected chi connectivity index (χ0v) is 5.27. The maximum absolute atomic E-state index is 10.1. The van der Waals surface area contributed by atoms with E-state index >= 15 is 0 Å². The van der Waals surface area contributed by atoms with Gasteiger partial charge in [-0.1, -0.05) is 4.98 Å². The van der Waals surface area contributed by atoms with Crippen LogP contribution in [0.2, 0.25) is 0 Å². The summed E-state index contributed by atoms with van der Waals surface area (Å²) >= 11 is 0. The predicted molar refractivity (Wildman–Crippen MR) is 39.2 cm³/mol. The molecule has 0 saturated heterocycles. The first kappa shape index (κ1) is 11.2. The minimum atomic E-state index is -0.863. The van der Waals surface area contributed by atoms with Gasteiger partial charge in [0.15, 0.2) is 6.54 Å². The Kier molecular flexibility index (Phi) is 5.89. The average molecular weight is 179 g/mol. The molecule has 0 radical (unpaired) electrons. The average Bonchev–Trinajstić information content (AvgIpc) is 1.88. The van der Waals surface area contributed by atoms with Gasteiger partial charge in [0.05, 0.1) is 6.20 Å². The van der Waals surface area contributed by atoms with Crippen molar-refractivity contribution in [3.05, 3.63) is 24.8 Å². The first-order valence-electron chi connectivity index (χ1n) is 2.80. The fourth-order valence-electron chi connectivity index (χ4n) is 0.611. The van der Waals surface area contributed by atoms with Crippen molar-refractivity contribution >= 4 is 57.4 Å². The third-order valence-electron chi connectivity index (χ3n) is 0.982. The van der Waals surface area contributed by atoms with E-state index in [4.69, 9.17) is 5.11 Å². The molecule has 0 spiro atoms. The number of aromatic nitrogens is 2. The summed E-state index contributed by atoms with van der Waals surface area (Å²) in [5.74, 6) is -0.863. The molecule has 0 aromatic carbocycles. The Bertz CT molecular complexity index is 227. The van der Waals surface area contributed by atoms with Gasteiger partial charge >= 0.3 is 57.4 Å². The van der Waals surface area contributed by atoms with Crippen LogP contribution in [0.25, 0.3) is 0 Å². The van der Waals surface area contributed by atoms with Crippen molar-refractivity contribution in [2.75, 3.05) is 0 Å².